The number of halogens is 5. The minimum atomic E-state index is -5.73. The van der Waals surface area contributed by atoms with Gasteiger partial charge in [-0.25, -0.2) is 0 Å². The maximum atomic E-state index is 12.5. The van der Waals surface area contributed by atoms with Gasteiger partial charge in [0.25, 0.3) is 10.9 Å². The van der Waals surface area contributed by atoms with Crippen molar-refractivity contribution in [2.24, 2.45) is 0 Å². The Morgan fingerprint density at radius 1 is 1.11 bits per heavy atom. The number of ether oxygens (including phenoxy) is 1. The Labute approximate surface area is 97.0 Å². The normalized spacial score (nSPS) is 12.8. The molecule has 1 aromatic carbocycles. The van der Waals surface area contributed by atoms with E-state index in [-0.39, 0.29) is 6.61 Å². The average Bonchev–Trinajstić information content (AvgIpc) is 2.25. The van der Waals surface area contributed by atoms with Crippen LogP contribution < -0.4 is 20.9 Å². The lowest BCUT2D eigenvalue weighted by molar-refractivity contribution is -0.275. The monoisotopic (exact) mass is 273 g/mol. The molecule has 9 heteroatoms. The molecule has 0 atom stereocenters. The van der Waals surface area contributed by atoms with Crippen molar-refractivity contribution in [3.05, 3.63) is 20.4 Å². The molecule has 0 aliphatic rings. The molecule has 0 saturated carbocycles. The van der Waals surface area contributed by atoms with Gasteiger partial charge < -0.3 is 10.1 Å². The molecule has 0 amide bonds. The quantitative estimate of drug-likeness (QED) is 0.649. The second kappa shape index (κ2) is 4.54. The van der Waals surface area contributed by atoms with Gasteiger partial charge in [-0.2, -0.15) is 22.0 Å². The highest BCUT2D eigenvalue weighted by Gasteiger charge is 2.57. The van der Waals surface area contributed by atoms with Crippen molar-refractivity contribution in [1.29, 1.82) is 0 Å². The predicted molar refractivity (Wildman–Crippen MR) is 52.0 cm³/mol. The number of nitrogens with one attached hydrogen (secondary N) is 1. The third-order valence-corrected chi connectivity index (χ3v) is 2.06. The molecule has 0 fully saturated rings. The highest BCUT2D eigenvalue weighted by Crippen LogP contribution is 2.35. The molecule has 18 heavy (non-hydrogen) atoms. The predicted octanol–water partition coefficient (Wildman–Crippen LogP) is 1.29. The van der Waals surface area contributed by atoms with Gasteiger partial charge in [-0.1, -0.05) is 0 Å². The van der Waals surface area contributed by atoms with Crippen LogP contribution in [-0.4, -0.2) is 25.3 Å². The zero-order valence-corrected chi connectivity index (χ0v) is 9.03. The molecule has 0 saturated heterocycles. The van der Waals surface area contributed by atoms with Crippen LogP contribution in [0.1, 0.15) is 6.92 Å². The highest BCUT2D eigenvalue weighted by atomic mass is 19.4. The summed E-state index contributed by atoms with van der Waals surface area (Å²) < 4.78 is 65.2. The van der Waals surface area contributed by atoms with Crippen LogP contribution >= 0.6 is 0 Å². The van der Waals surface area contributed by atoms with E-state index in [2.05, 4.69) is 4.74 Å². The van der Waals surface area contributed by atoms with E-state index in [0.29, 0.717) is 0 Å². The largest absolute Gasteiger partial charge is 0.488 e. The van der Waals surface area contributed by atoms with E-state index in [9.17, 15) is 31.5 Å². The molecule has 1 aromatic rings. The minimum absolute atomic E-state index is 0.0187. The maximum Gasteiger partial charge on any atom is 0.455 e. The molecule has 0 radical (unpaired) electrons. The van der Waals surface area contributed by atoms with Gasteiger partial charge >= 0.3 is 12.1 Å². The summed E-state index contributed by atoms with van der Waals surface area (Å²) in [5.41, 5.74) is -2.86. The Bertz CT molecular complexity index is 501. The Hall–Kier alpha value is -1.67. The van der Waals surface area contributed by atoms with Crippen molar-refractivity contribution >= 4 is 5.69 Å². The van der Waals surface area contributed by atoms with Gasteiger partial charge in [-0.3, -0.25) is 9.59 Å². The summed E-state index contributed by atoms with van der Waals surface area (Å²) in [4.78, 5) is 21.8. The van der Waals surface area contributed by atoms with Crippen LogP contribution in [-0.2, 0) is 0 Å². The second-order valence-corrected chi connectivity index (χ2v) is 3.35. The van der Waals surface area contributed by atoms with Crippen LogP contribution in [0.2, 0.25) is 0 Å². The molecular formula is C9H8F5NO3. The molecule has 1 N–H and O–H groups in total. The SMILES string of the molecule is CCOc1c(NCC(F)(F)C(F)(F)F)c(=O)c1=O. The number of hydrogen-bond donors (Lipinski definition) is 1. The zero-order chi connectivity index (χ0) is 14.1. The van der Waals surface area contributed by atoms with Crippen LogP contribution in [0.3, 0.4) is 0 Å². The number of anilines is 1. The number of rotatable bonds is 5. The van der Waals surface area contributed by atoms with Crippen molar-refractivity contribution in [2.75, 3.05) is 18.5 Å². The summed E-state index contributed by atoms with van der Waals surface area (Å²) in [5, 5.41) is 1.60. The van der Waals surface area contributed by atoms with E-state index < -0.39 is 40.9 Å². The lowest BCUT2D eigenvalue weighted by atomic mass is 10.2. The fourth-order valence-electron chi connectivity index (χ4n) is 1.11. The summed E-state index contributed by atoms with van der Waals surface area (Å²) in [6.07, 6.45) is -5.73. The van der Waals surface area contributed by atoms with Crippen molar-refractivity contribution in [1.82, 2.24) is 0 Å². The smallest absolute Gasteiger partial charge is 0.455 e. The molecule has 0 aliphatic carbocycles. The summed E-state index contributed by atoms with van der Waals surface area (Å²) in [6, 6.07) is 0. The van der Waals surface area contributed by atoms with Crippen molar-refractivity contribution in [3.63, 3.8) is 0 Å². The molecular weight excluding hydrogens is 265 g/mol. The van der Waals surface area contributed by atoms with E-state index in [1.165, 1.54) is 6.92 Å². The van der Waals surface area contributed by atoms with Crippen LogP contribution in [0, 0.1) is 0 Å². The molecule has 0 bridgehead atoms. The molecule has 0 unspecified atom stereocenters. The number of alkyl halides is 5. The standard InChI is InChI=1S/C9H8F5NO3/c1-2-18-7-4(5(16)6(7)17)15-3-8(10,11)9(12,13)14/h15H,2-3H2,1H3. The van der Waals surface area contributed by atoms with E-state index in [0.717, 1.165) is 0 Å². The Morgan fingerprint density at radius 2 is 1.67 bits per heavy atom. The fraction of sp³-hybridized carbons (Fsp3) is 0.556. The summed E-state index contributed by atoms with van der Waals surface area (Å²) in [7, 11) is 0. The average molecular weight is 273 g/mol. The molecule has 102 valence electrons. The maximum absolute atomic E-state index is 12.5. The molecule has 0 aromatic heterocycles. The van der Waals surface area contributed by atoms with Crippen LogP contribution in [0.4, 0.5) is 27.6 Å². The molecule has 0 spiro atoms. The van der Waals surface area contributed by atoms with Gasteiger partial charge in [0, 0.05) is 0 Å². The third kappa shape index (κ3) is 2.44. The van der Waals surface area contributed by atoms with Crippen LogP contribution in [0.15, 0.2) is 9.59 Å². The Kier molecular flexibility index (Phi) is 3.63. The van der Waals surface area contributed by atoms with Gasteiger partial charge in [0.2, 0.25) is 0 Å². The van der Waals surface area contributed by atoms with Crippen molar-refractivity contribution in [3.8, 4) is 5.75 Å². The van der Waals surface area contributed by atoms with Crippen molar-refractivity contribution in [2.45, 2.75) is 19.0 Å². The topological polar surface area (TPSA) is 55.4 Å². The second-order valence-electron chi connectivity index (χ2n) is 3.35. The Morgan fingerprint density at radius 3 is 2.11 bits per heavy atom. The number of hydrogen-bond acceptors (Lipinski definition) is 4. The molecule has 0 aliphatic heterocycles. The first-order valence-electron chi connectivity index (χ1n) is 4.76. The van der Waals surface area contributed by atoms with Gasteiger partial charge in [0.15, 0.2) is 5.75 Å². The summed E-state index contributed by atoms with van der Waals surface area (Å²) >= 11 is 0. The molecule has 4 nitrogen and oxygen atoms in total. The van der Waals surface area contributed by atoms with E-state index in [1.54, 1.807) is 5.32 Å². The van der Waals surface area contributed by atoms with Crippen LogP contribution in [0.5, 0.6) is 5.75 Å². The van der Waals surface area contributed by atoms with E-state index >= 15 is 0 Å². The lowest BCUT2D eigenvalue weighted by Gasteiger charge is -2.21. The van der Waals surface area contributed by atoms with Crippen molar-refractivity contribution < 1.29 is 26.7 Å². The van der Waals surface area contributed by atoms with E-state index in [1.807, 2.05) is 0 Å². The molecule has 1 rings (SSSR count). The van der Waals surface area contributed by atoms with Gasteiger partial charge in [-0.15, -0.1) is 0 Å². The highest BCUT2D eigenvalue weighted by molar-refractivity contribution is 5.61. The third-order valence-electron chi connectivity index (χ3n) is 2.06. The Balaban J connectivity index is 2.80. The minimum Gasteiger partial charge on any atom is -0.488 e. The first kappa shape index (κ1) is 14.4. The first-order chi connectivity index (χ1) is 8.12. The first-order valence-corrected chi connectivity index (χ1v) is 4.76. The van der Waals surface area contributed by atoms with Gasteiger partial charge in [-0.05, 0) is 6.92 Å². The zero-order valence-electron chi connectivity index (χ0n) is 9.03. The summed E-state index contributed by atoms with van der Waals surface area (Å²) in [5.74, 6) is -5.52. The molecule has 0 heterocycles. The van der Waals surface area contributed by atoms with Gasteiger partial charge in [0.1, 0.15) is 5.69 Å². The fourth-order valence-corrected chi connectivity index (χ4v) is 1.11. The summed E-state index contributed by atoms with van der Waals surface area (Å²) in [6.45, 7) is -0.387. The van der Waals surface area contributed by atoms with E-state index in [4.69, 9.17) is 0 Å². The van der Waals surface area contributed by atoms with Crippen LogP contribution in [0.25, 0.3) is 0 Å². The lowest BCUT2D eigenvalue weighted by Crippen LogP contribution is -2.45. The van der Waals surface area contributed by atoms with Gasteiger partial charge in [0.05, 0.1) is 13.2 Å².